The highest BCUT2D eigenvalue weighted by Gasteiger charge is 2.32. The molecule has 0 saturated carbocycles. The molecular formula is C14H14N2O3S. The Morgan fingerprint density at radius 2 is 2.20 bits per heavy atom. The molecule has 1 N–H and O–H groups in total. The fourth-order valence-electron chi connectivity index (χ4n) is 2.12. The topological polar surface area (TPSA) is 62.7 Å². The van der Waals surface area contributed by atoms with E-state index in [2.05, 4.69) is 4.98 Å². The summed E-state index contributed by atoms with van der Waals surface area (Å²) in [7, 11) is 0. The molecule has 104 valence electrons. The lowest BCUT2D eigenvalue weighted by atomic mass is 10.2. The minimum Gasteiger partial charge on any atom is -0.478 e. The predicted octanol–water partition coefficient (Wildman–Crippen LogP) is 2.74. The molecular weight excluding hydrogens is 276 g/mol. The van der Waals surface area contributed by atoms with Crippen molar-refractivity contribution in [3.63, 3.8) is 0 Å². The van der Waals surface area contributed by atoms with Crippen molar-refractivity contribution < 1.29 is 14.6 Å². The van der Waals surface area contributed by atoms with Crippen molar-refractivity contribution >= 4 is 28.1 Å². The fraction of sp³-hybridized carbons (Fsp3) is 0.286. The molecule has 0 fully saturated rings. The number of carboxylic acid groups (broad SMARTS) is 1. The summed E-state index contributed by atoms with van der Waals surface area (Å²) in [5.41, 5.74) is 1.83. The van der Waals surface area contributed by atoms with Crippen molar-refractivity contribution in [2.75, 3.05) is 11.4 Å². The van der Waals surface area contributed by atoms with Crippen molar-refractivity contribution in [3.8, 4) is 5.75 Å². The summed E-state index contributed by atoms with van der Waals surface area (Å²) in [5.74, 6) is -0.383. The molecule has 0 amide bonds. The van der Waals surface area contributed by atoms with E-state index >= 15 is 0 Å². The van der Waals surface area contributed by atoms with Crippen LogP contribution in [0.25, 0.3) is 0 Å². The van der Waals surface area contributed by atoms with E-state index in [-0.39, 0.29) is 6.54 Å². The summed E-state index contributed by atoms with van der Waals surface area (Å²) in [6.07, 6.45) is -0.880. The van der Waals surface area contributed by atoms with Crippen LogP contribution in [0.15, 0.2) is 24.3 Å². The normalized spacial score (nSPS) is 17.5. The third-order valence-corrected chi connectivity index (χ3v) is 4.39. The Morgan fingerprint density at radius 3 is 2.85 bits per heavy atom. The SMILES string of the molecule is Cc1nc(N2CC(C(=O)O)Oc3ccccc32)sc1C. The molecule has 6 heteroatoms. The Hall–Kier alpha value is -2.08. The van der Waals surface area contributed by atoms with Gasteiger partial charge in [-0.25, -0.2) is 9.78 Å². The van der Waals surface area contributed by atoms with Crippen molar-refractivity contribution in [3.05, 3.63) is 34.8 Å². The van der Waals surface area contributed by atoms with Gasteiger partial charge in [0, 0.05) is 4.88 Å². The summed E-state index contributed by atoms with van der Waals surface area (Å²) in [5, 5.41) is 10.0. The number of thiazole rings is 1. The monoisotopic (exact) mass is 290 g/mol. The van der Waals surface area contributed by atoms with Crippen molar-refractivity contribution in [1.82, 2.24) is 4.98 Å². The van der Waals surface area contributed by atoms with Crippen LogP contribution in [0.1, 0.15) is 10.6 Å². The zero-order valence-corrected chi connectivity index (χ0v) is 12.0. The molecule has 1 aliphatic heterocycles. The van der Waals surface area contributed by atoms with Crippen LogP contribution in [-0.4, -0.2) is 28.7 Å². The molecule has 3 rings (SSSR count). The molecule has 0 bridgehead atoms. The molecule has 5 nitrogen and oxygen atoms in total. The van der Waals surface area contributed by atoms with E-state index < -0.39 is 12.1 Å². The molecule has 1 aliphatic rings. The van der Waals surface area contributed by atoms with Gasteiger partial charge < -0.3 is 14.7 Å². The number of aliphatic carboxylic acids is 1. The van der Waals surface area contributed by atoms with Gasteiger partial charge in [0.25, 0.3) is 0 Å². The Bertz CT molecular complexity index is 649. The predicted molar refractivity (Wildman–Crippen MR) is 77.1 cm³/mol. The molecule has 0 aliphatic carbocycles. The van der Waals surface area contributed by atoms with Crippen molar-refractivity contribution in [1.29, 1.82) is 0 Å². The highest BCUT2D eigenvalue weighted by molar-refractivity contribution is 7.15. The fourth-order valence-corrected chi connectivity index (χ4v) is 3.05. The summed E-state index contributed by atoms with van der Waals surface area (Å²) < 4.78 is 5.52. The lowest BCUT2D eigenvalue weighted by Gasteiger charge is -2.32. The number of aromatic nitrogens is 1. The quantitative estimate of drug-likeness (QED) is 0.921. The van der Waals surface area contributed by atoms with Gasteiger partial charge in [-0.05, 0) is 26.0 Å². The van der Waals surface area contributed by atoms with Crippen LogP contribution in [0, 0.1) is 13.8 Å². The van der Waals surface area contributed by atoms with Gasteiger partial charge in [-0.1, -0.05) is 12.1 Å². The molecule has 0 saturated heterocycles. The molecule has 0 spiro atoms. The minimum atomic E-state index is -0.963. The maximum absolute atomic E-state index is 11.2. The van der Waals surface area contributed by atoms with Gasteiger partial charge in [-0.3, -0.25) is 0 Å². The minimum absolute atomic E-state index is 0.263. The number of rotatable bonds is 2. The van der Waals surface area contributed by atoms with E-state index in [0.717, 1.165) is 21.4 Å². The van der Waals surface area contributed by atoms with Crippen LogP contribution in [0.4, 0.5) is 10.8 Å². The summed E-state index contributed by atoms with van der Waals surface area (Å²) in [6.45, 7) is 4.23. The maximum Gasteiger partial charge on any atom is 0.346 e. The third kappa shape index (κ3) is 2.12. The van der Waals surface area contributed by atoms with Gasteiger partial charge in [0.2, 0.25) is 6.10 Å². The number of carboxylic acids is 1. The average molecular weight is 290 g/mol. The summed E-state index contributed by atoms with van der Waals surface area (Å²) in [6, 6.07) is 7.44. The Morgan fingerprint density at radius 1 is 1.45 bits per heavy atom. The number of nitrogens with zero attached hydrogens (tertiary/aromatic N) is 2. The second kappa shape index (κ2) is 4.79. The standard InChI is InChI=1S/C14H14N2O3S/c1-8-9(2)20-14(15-8)16-7-12(13(17)18)19-11-6-4-3-5-10(11)16/h3-6,12H,7H2,1-2H3,(H,17,18). The van der Waals surface area contributed by atoms with E-state index in [1.165, 1.54) is 0 Å². The first-order valence-electron chi connectivity index (χ1n) is 6.26. The zero-order valence-electron chi connectivity index (χ0n) is 11.2. The van der Waals surface area contributed by atoms with Crippen LogP contribution in [0.3, 0.4) is 0 Å². The number of benzene rings is 1. The first kappa shape index (κ1) is 12.9. The third-order valence-electron chi connectivity index (χ3n) is 3.30. The van der Waals surface area contributed by atoms with Gasteiger partial charge in [-0.2, -0.15) is 0 Å². The number of aryl methyl sites for hydroxylation is 2. The lowest BCUT2D eigenvalue weighted by Crippen LogP contribution is -2.42. The maximum atomic E-state index is 11.2. The van der Waals surface area contributed by atoms with Gasteiger partial charge in [0.15, 0.2) is 5.13 Å². The second-order valence-electron chi connectivity index (χ2n) is 4.66. The smallest absolute Gasteiger partial charge is 0.346 e. The molecule has 2 heterocycles. The van der Waals surface area contributed by atoms with E-state index in [0.29, 0.717) is 5.75 Å². The Kier molecular flexibility index (Phi) is 3.10. The van der Waals surface area contributed by atoms with Crippen LogP contribution in [0.2, 0.25) is 0 Å². The first-order valence-corrected chi connectivity index (χ1v) is 7.08. The molecule has 1 atom stereocenters. The molecule has 2 aromatic rings. The Balaban J connectivity index is 2.06. The number of ether oxygens (including phenoxy) is 1. The second-order valence-corrected chi connectivity index (χ2v) is 5.84. The molecule has 20 heavy (non-hydrogen) atoms. The zero-order chi connectivity index (χ0) is 14.3. The highest BCUT2D eigenvalue weighted by atomic mass is 32.1. The number of carbonyl (C=O) groups is 1. The van der Waals surface area contributed by atoms with Crippen molar-refractivity contribution in [2.45, 2.75) is 20.0 Å². The van der Waals surface area contributed by atoms with E-state index in [4.69, 9.17) is 4.74 Å². The van der Waals surface area contributed by atoms with Crippen LogP contribution < -0.4 is 9.64 Å². The molecule has 1 unspecified atom stereocenters. The molecule has 0 radical (unpaired) electrons. The largest absolute Gasteiger partial charge is 0.478 e. The number of para-hydroxylation sites is 2. The van der Waals surface area contributed by atoms with E-state index in [9.17, 15) is 9.90 Å². The van der Waals surface area contributed by atoms with Crippen LogP contribution in [-0.2, 0) is 4.79 Å². The average Bonchev–Trinajstić information content (AvgIpc) is 2.77. The van der Waals surface area contributed by atoms with Gasteiger partial charge in [0.1, 0.15) is 5.75 Å². The number of hydrogen-bond acceptors (Lipinski definition) is 5. The first-order chi connectivity index (χ1) is 9.56. The van der Waals surface area contributed by atoms with Crippen molar-refractivity contribution in [2.24, 2.45) is 0 Å². The molecule has 1 aromatic carbocycles. The Labute approximate surface area is 120 Å². The van der Waals surface area contributed by atoms with Gasteiger partial charge >= 0.3 is 5.97 Å². The molecule has 1 aromatic heterocycles. The van der Waals surface area contributed by atoms with E-state index in [1.807, 2.05) is 36.9 Å². The highest BCUT2D eigenvalue weighted by Crippen LogP contribution is 2.40. The van der Waals surface area contributed by atoms with E-state index in [1.54, 1.807) is 17.4 Å². The number of fused-ring (bicyclic) bond motifs is 1. The van der Waals surface area contributed by atoms with Gasteiger partial charge in [-0.15, -0.1) is 11.3 Å². The summed E-state index contributed by atoms with van der Waals surface area (Å²) >= 11 is 1.56. The van der Waals surface area contributed by atoms with Crippen LogP contribution >= 0.6 is 11.3 Å². The van der Waals surface area contributed by atoms with Gasteiger partial charge in [0.05, 0.1) is 17.9 Å². The number of anilines is 2. The lowest BCUT2D eigenvalue weighted by molar-refractivity contribution is -0.144. The number of hydrogen-bond donors (Lipinski definition) is 1. The van der Waals surface area contributed by atoms with Crippen LogP contribution in [0.5, 0.6) is 5.75 Å². The summed E-state index contributed by atoms with van der Waals surface area (Å²) in [4.78, 5) is 18.8.